The molecule has 1 saturated carbocycles. The van der Waals surface area contributed by atoms with Crippen molar-refractivity contribution in [3.05, 3.63) is 63.6 Å². The van der Waals surface area contributed by atoms with E-state index in [-0.39, 0.29) is 27.6 Å². The fraction of sp³-hybridized carbons (Fsp3) is 0.381. The number of carbonyl (C=O) groups excluding carboxylic acids is 1. The molecule has 0 bridgehead atoms. The summed E-state index contributed by atoms with van der Waals surface area (Å²) in [5.74, 6) is -0.0519. The molecule has 1 aliphatic carbocycles. The monoisotopic (exact) mass is 454 g/mol. The summed E-state index contributed by atoms with van der Waals surface area (Å²) < 4.78 is 26.8. The summed E-state index contributed by atoms with van der Waals surface area (Å²) in [5.41, 5.74) is 1.11. The number of hydrogen-bond donors (Lipinski definition) is 1. The average molecular weight is 455 g/mol. The topological polar surface area (TPSA) is 66.5 Å². The van der Waals surface area contributed by atoms with Crippen LogP contribution in [-0.4, -0.2) is 31.7 Å². The summed E-state index contributed by atoms with van der Waals surface area (Å²) in [6.07, 6.45) is 2.05. The Morgan fingerprint density at radius 3 is 2.28 bits per heavy atom. The molecular weight excluding hydrogens is 431 g/mol. The first-order valence-corrected chi connectivity index (χ1v) is 11.6. The molecule has 5 nitrogen and oxygen atoms in total. The molecule has 2 aromatic carbocycles. The Balaban J connectivity index is 1.89. The molecule has 29 heavy (non-hydrogen) atoms. The SMILES string of the molecule is CC(C)N(C)S(=O)(=O)c1ccc(Cl)c(C(=O)NC(c2ccc(Cl)cc2)C2CC2)c1. The molecule has 1 aliphatic rings. The van der Waals surface area contributed by atoms with Crippen molar-refractivity contribution in [3.8, 4) is 0 Å². The molecule has 156 valence electrons. The van der Waals surface area contributed by atoms with Crippen LogP contribution in [0.15, 0.2) is 47.4 Å². The molecule has 2 aromatic rings. The van der Waals surface area contributed by atoms with Crippen LogP contribution in [0.2, 0.25) is 10.0 Å². The van der Waals surface area contributed by atoms with Gasteiger partial charge in [-0.25, -0.2) is 8.42 Å². The van der Waals surface area contributed by atoms with Crippen LogP contribution in [-0.2, 0) is 10.0 Å². The third-order valence-corrected chi connectivity index (χ3v) is 7.81. The maximum Gasteiger partial charge on any atom is 0.253 e. The second-order valence-corrected chi connectivity index (χ2v) is 10.4. The second kappa shape index (κ2) is 8.64. The molecule has 8 heteroatoms. The number of sulfonamides is 1. The minimum atomic E-state index is -3.72. The van der Waals surface area contributed by atoms with Gasteiger partial charge in [-0.2, -0.15) is 4.31 Å². The molecule has 0 saturated heterocycles. The highest BCUT2D eigenvalue weighted by atomic mass is 35.5. The molecule has 1 fully saturated rings. The zero-order valence-corrected chi connectivity index (χ0v) is 18.9. The Kier molecular flexibility index (Phi) is 6.58. The quantitative estimate of drug-likeness (QED) is 0.646. The van der Waals surface area contributed by atoms with E-state index < -0.39 is 15.9 Å². The highest BCUT2D eigenvalue weighted by Crippen LogP contribution is 2.41. The third kappa shape index (κ3) is 4.94. The van der Waals surface area contributed by atoms with Crippen molar-refractivity contribution in [1.29, 1.82) is 0 Å². The van der Waals surface area contributed by atoms with E-state index >= 15 is 0 Å². The third-order valence-electron chi connectivity index (χ3n) is 5.20. The van der Waals surface area contributed by atoms with E-state index in [1.165, 1.54) is 29.6 Å². The van der Waals surface area contributed by atoms with Gasteiger partial charge in [-0.1, -0.05) is 35.3 Å². The average Bonchev–Trinajstić information content (AvgIpc) is 3.51. The molecule has 0 radical (unpaired) electrons. The van der Waals surface area contributed by atoms with Gasteiger partial charge in [-0.15, -0.1) is 0 Å². The van der Waals surface area contributed by atoms with Crippen LogP contribution in [0.25, 0.3) is 0 Å². The van der Waals surface area contributed by atoms with E-state index in [0.29, 0.717) is 10.9 Å². The number of amides is 1. The smallest absolute Gasteiger partial charge is 0.253 e. The summed E-state index contributed by atoms with van der Waals surface area (Å²) in [5, 5.41) is 3.86. The summed E-state index contributed by atoms with van der Waals surface area (Å²) in [6.45, 7) is 3.57. The lowest BCUT2D eigenvalue weighted by Crippen LogP contribution is -2.33. The molecule has 3 rings (SSSR count). The normalized spacial score (nSPS) is 15.6. The second-order valence-electron chi connectivity index (χ2n) is 7.60. The van der Waals surface area contributed by atoms with Gasteiger partial charge in [0.25, 0.3) is 5.91 Å². The van der Waals surface area contributed by atoms with Crippen LogP contribution in [0.4, 0.5) is 0 Å². The van der Waals surface area contributed by atoms with Gasteiger partial charge >= 0.3 is 0 Å². The largest absolute Gasteiger partial charge is 0.345 e. The highest BCUT2D eigenvalue weighted by Gasteiger charge is 2.34. The molecule has 0 aromatic heterocycles. The zero-order chi connectivity index (χ0) is 21.3. The molecule has 0 heterocycles. The molecule has 0 aliphatic heterocycles. The van der Waals surface area contributed by atoms with Crippen molar-refractivity contribution in [2.45, 2.75) is 43.7 Å². The Morgan fingerprint density at radius 1 is 1.10 bits per heavy atom. The van der Waals surface area contributed by atoms with E-state index in [1.54, 1.807) is 26.0 Å². The van der Waals surface area contributed by atoms with E-state index in [9.17, 15) is 13.2 Å². The Bertz CT molecular complexity index is 1000. The summed E-state index contributed by atoms with van der Waals surface area (Å²) in [6, 6.07) is 11.2. The van der Waals surface area contributed by atoms with Crippen molar-refractivity contribution in [2.24, 2.45) is 5.92 Å². The van der Waals surface area contributed by atoms with Gasteiger partial charge in [0.15, 0.2) is 0 Å². The number of carbonyl (C=O) groups is 1. The number of benzene rings is 2. The van der Waals surface area contributed by atoms with Crippen molar-refractivity contribution in [1.82, 2.24) is 9.62 Å². The van der Waals surface area contributed by atoms with E-state index in [4.69, 9.17) is 23.2 Å². The summed E-state index contributed by atoms with van der Waals surface area (Å²) in [4.78, 5) is 13.0. The zero-order valence-electron chi connectivity index (χ0n) is 16.5. The fourth-order valence-corrected chi connectivity index (χ4v) is 4.80. The van der Waals surface area contributed by atoms with E-state index in [1.807, 2.05) is 12.1 Å². The molecular formula is C21H24Cl2N2O3S. The maximum atomic E-state index is 13.0. The van der Waals surface area contributed by atoms with Crippen LogP contribution in [0.3, 0.4) is 0 Å². The van der Waals surface area contributed by atoms with Crippen molar-refractivity contribution >= 4 is 39.1 Å². The Hall–Kier alpha value is -1.60. The van der Waals surface area contributed by atoms with E-state index in [2.05, 4.69) is 5.32 Å². The highest BCUT2D eigenvalue weighted by molar-refractivity contribution is 7.89. The van der Waals surface area contributed by atoms with Gasteiger partial charge in [-0.3, -0.25) is 4.79 Å². The Labute approximate surface area is 182 Å². The molecule has 1 unspecified atom stereocenters. The molecule has 1 amide bonds. The van der Waals surface area contributed by atoms with Gasteiger partial charge in [0.05, 0.1) is 21.5 Å². The van der Waals surface area contributed by atoms with Gasteiger partial charge < -0.3 is 5.32 Å². The number of rotatable bonds is 7. The van der Waals surface area contributed by atoms with Gasteiger partial charge in [-0.05, 0) is 68.5 Å². The minimum absolute atomic E-state index is 0.0396. The first kappa shape index (κ1) is 22.1. The van der Waals surface area contributed by atoms with Gasteiger partial charge in [0.2, 0.25) is 10.0 Å². The first-order valence-electron chi connectivity index (χ1n) is 9.45. The van der Waals surface area contributed by atoms with Crippen molar-refractivity contribution < 1.29 is 13.2 Å². The van der Waals surface area contributed by atoms with Crippen LogP contribution in [0, 0.1) is 5.92 Å². The van der Waals surface area contributed by atoms with Crippen molar-refractivity contribution in [3.63, 3.8) is 0 Å². The molecule has 1 atom stereocenters. The van der Waals surface area contributed by atoms with Crippen LogP contribution in [0.1, 0.15) is 48.7 Å². The predicted octanol–water partition coefficient (Wildman–Crippen LogP) is 4.90. The lowest BCUT2D eigenvalue weighted by molar-refractivity contribution is 0.0931. The fourth-order valence-electron chi connectivity index (χ4n) is 3.07. The number of nitrogens with zero attached hydrogens (tertiary/aromatic N) is 1. The summed E-state index contributed by atoms with van der Waals surface area (Å²) >= 11 is 12.2. The maximum absolute atomic E-state index is 13.0. The lowest BCUT2D eigenvalue weighted by Gasteiger charge is -2.22. The van der Waals surface area contributed by atoms with Crippen LogP contribution in [0.5, 0.6) is 0 Å². The summed E-state index contributed by atoms with van der Waals surface area (Å²) in [7, 11) is -2.21. The first-order chi connectivity index (χ1) is 13.6. The standard InChI is InChI=1S/C21H24Cl2N2O3S/c1-13(2)25(3)29(27,28)17-10-11-19(23)18(12-17)21(26)24-20(14-4-5-14)15-6-8-16(22)9-7-15/h6-14,20H,4-5H2,1-3H3,(H,24,26). The van der Waals surface area contributed by atoms with Crippen molar-refractivity contribution in [2.75, 3.05) is 7.05 Å². The number of nitrogens with one attached hydrogen (secondary N) is 1. The van der Waals surface area contributed by atoms with Gasteiger partial charge in [0, 0.05) is 18.1 Å². The van der Waals surface area contributed by atoms with Gasteiger partial charge in [0.1, 0.15) is 0 Å². The van der Waals surface area contributed by atoms with Crippen LogP contribution < -0.4 is 5.32 Å². The molecule has 0 spiro atoms. The van der Waals surface area contributed by atoms with E-state index in [0.717, 1.165) is 18.4 Å². The minimum Gasteiger partial charge on any atom is -0.345 e. The Morgan fingerprint density at radius 2 is 1.72 bits per heavy atom. The number of hydrogen-bond acceptors (Lipinski definition) is 3. The number of halogens is 2. The molecule has 1 N–H and O–H groups in total. The predicted molar refractivity (Wildman–Crippen MR) is 116 cm³/mol. The van der Waals surface area contributed by atoms with Crippen LogP contribution >= 0.6 is 23.2 Å². The lowest BCUT2D eigenvalue weighted by atomic mass is 10.0.